The number of hydrogen-bond donors (Lipinski definition) is 3. The summed E-state index contributed by atoms with van der Waals surface area (Å²) >= 11 is 0. The largest absolute Gasteiger partial charge is 0.504 e. The van der Waals surface area contributed by atoms with Gasteiger partial charge in [-0.1, -0.05) is 36.4 Å². The van der Waals surface area contributed by atoms with Crippen LogP contribution in [-0.4, -0.2) is 29.5 Å². The van der Waals surface area contributed by atoms with Gasteiger partial charge in [-0.2, -0.15) is 0 Å². The third-order valence-corrected chi connectivity index (χ3v) is 4.06. The number of ether oxygens (including phenoxy) is 2. The summed E-state index contributed by atoms with van der Waals surface area (Å²) in [5, 5.41) is 19.8. The molecule has 0 aliphatic carbocycles. The van der Waals surface area contributed by atoms with Crippen molar-refractivity contribution in [2.45, 2.75) is 25.2 Å². The Morgan fingerprint density at radius 1 is 1.13 bits per heavy atom. The molecule has 23 heavy (non-hydrogen) atoms. The molecule has 0 amide bonds. The molecule has 0 aromatic heterocycles. The van der Waals surface area contributed by atoms with Crippen molar-refractivity contribution >= 4 is 0 Å². The summed E-state index contributed by atoms with van der Waals surface area (Å²) in [5.41, 5.74) is 8.40. The number of benzene rings is 2. The Morgan fingerprint density at radius 3 is 2.65 bits per heavy atom. The molecule has 3 rings (SSSR count). The summed E-state index contributed by atoms with van der Waals surface area (Å²) < 4.78 is 11.7. The van der Waals surface area contributed by atoms with E-state index in [1.165, 1.54) is 6.07 Å². The second kappa shape index (κ2) is 7.00. The van der Waals surface area contributed by atoms with Crippen molar-refractivity contribution in [1.82, 2.24) is 0 Å². The van der Waals surface area contributed by atoms with Gasteiger partial charge in [-0.05, 0) is 17.2 Å². The van der Waals surface area contributed by atoms with Crippen molar-refractivity contribution in [2.75, 3.05) is 13.2 Å². The normalized spacial score (nSPS) is 20.2. The van der Waals surface area contributed by atoms with E-state index in [-0.39, 0.29) is 23.7 Å². The van der Waals surface area contributed by atoms with Crippen LogP contribution in [-0.2, 0) is 22.5 Å². The number of phenols is 2. The third-order valence-electron chi connectivity index (χ3n) is 4.06. The maximum absolute atomic E-state index is 10.1. The Hall–Kier alpha value is -2.08. The smallest absolute Gasteiger partial charge is 0.161 e. The van der Waals surface area contributed by atoms with Crippen molar-refractivity contribution in [3.63, 3.8) is 0 Å². The lowest BCUT2D eigenvalue weighted by Crippen LogP contribution is -2.33. The van der Waals surface area contributed by atoms with E-state index in [0.717, 1.165) is 11.1 Å². The fraction of sp³-hybridized carbons (Fsp3) is 0.333. The van der Waals surface area contributed by atoms with Gasteiger partial charge in [-0.3, -0.25) is 0 Å². The van der Waals surface area contributed by atoms with Gasteiger partial charge < -0.3 is 25.4 Å². The fourth-order valence-electron chi connectivity index (χ4n) is 2.90. The molecule has 1 aliphatic rings. The highest BCUT2D eigenvalue weighted by atomic mass is 16.5. The molecule has 0 fully saturated rings. The van der Waals surface area contributed by atoms with E-state index in [9.17, 15) is 10.2 Å². The SMILES string of the molecule is NC[C@@H]1OC(COCc2ccccc2)Cc2c1ccc(O)c2O. The number of phenolic OH excluding ortho intramolecular Hbond substituents is 2. The molecule has 2 aromatic rings. The molecule has 0 saturated carbocycles. The zero-order valence-corrected chi connectivity index (χ0v) is 12.8. The molecule has 0 radical (unpaired) electrons. The minimum absolute atomic E-state index is 0.0858. The lowest BCUT2D eigenvalue weighted by Gasteiger charge is -2.32. The van der Waals surface area contributed by atoms with E-state index in [2.05, 4.69) is 0 Å². The molecule has 122 valence electrons. The summed E-state index contributed by atoms with van der Waals surface area (Å²) in [7, 11) is 0. The van der Waals surface area contributed by atoms with Gasteiger partial charge in [-0.25, -0.2) is 0 Å². The number of fused-ring (bicyclic) bond motifs is 1. The third kappa shape index (κ3) is 3.47. The molecule has 5 nitrogen and oxygen atoms in total. The van der Waals surface area contributed by atoms with E-state index >= 15 is 0 Å². The first-order valence-corrected chi connectivity index (χ1v) is 7.70. The standard InChI is InChI=1S/C18H21NO4/c19-9-17-14-6-7-16(20)18(21)15(14)8-13(23-17)11-22-10-12-4-2-1-3-5-12/h1-7,13,17,20-21H,8-11,19H2/t13?,17-/m0/s1. The molecule has 1 unspecified atom stereocenters. The van der Waals surface area contributed by atoms with Gasteiger partial charge in [-0.15, -0.1) is 0 Å². The summed E-state index contributed by atoms with van der Waals surface area (Å²) in [6.07, 6.45) is -0.0102. The van der Waals surface area contributed by atoms with Crippen molar-refractivity contribution in [2.24, 2.45) is 5.73 Å². The zero-order chi connectivity index (χ0) is 16.2. The molecule has 4 N–H and O–H groups in total. The maximum atomic E-state index is 10.1. The van der Waals surface area contributed by atoms with Crippen LogP contribution in [0.15, 0.2) is 42.5 Å². The molecule has 2 atom stereocenters. The summed E-state index contributed by atoms with van der Waals surface area (Å²) in [6, 6.07) is 13.1. The van der Waals surface area contributed by atoms with Gasteiger partial charge in [0.1, 0.15) is 0 Å². The van der Waals surface area contributed by atoms with Crippen LogP contribution >= 0.6 is 0 Å². The van der Waals surface area contributed by atoms with Gasteiger partial charge in [0.2, 0.25) is 0 Å². The van der Waals surface area contributed by atoms with Gasteiger partial charge in [0.15, 0.2) is 11.5 Å². The quantitative estimate of drug-likeness (QED) is 0.737. The molecule has 0 bridgehead atoms. The van der Waals surface area contributed by atoms with Crippen LogP contribution in [0.3, 0.4) is 0 Å². The summed E-state index contributed by atoms with van der Waals surface area (Å²) in [5.74, 6) is -0.206. The first-order valence-electron chi connectivity index (χ1n) is 7.70. The Kier molecular flexibility index (Phi) is 4.81. The van der Waals surface area contributed by atoms with E-state index in [1.54, 1.807) is 6.07 Å². The average molecular weight is 315 g/mol. The summed E-state index contributed by atoms with van der Waals surface area (Å²) in [4.78, 5) is 0. The number of aromatic hydroxyl groups is 2. The van der Waals surface area contributed by atoms with Gasteiger partial charge in [0.05, 0.1) is 25.4 Å². The number of rotatable bonds is 5. The highest BCUT2D eigenvalue weighted by Gasteiger charge is 2.29. The average Bonchev–Trinajstić information content (AvgIpc) is 2.59. The van der Waals surface area contributed by atoms with Crippen molar-refractivity contribution in [3.05, 3.63) is 59.2 Å². The Bertz CT molecular complexity index is 660. The molecular weight excluding hydrogens is 294 g/mol. The number of hydrogen-bond acceptors (Lipinski definition) is 5. The summed E-state index contributed by atoms with van der Waals surface area (Å²) in [6.45, 7) is 1.22. The van der Waals surface area contributed by atoms with E-state index in [4.69, 9.17) is 15.2 Å². The highest BCUT2D eigenvalue weighted by Crippen LogP contribution is 2.39. The molecule has 0 spiro atoms. The second-order valence-corrected chi connectivity index (χ2v) is 5.69. The molecule has 1 aliphatic heterocycles. The number of nitrogens with two attached hydrogens (primary N) is 1. The Balaban J connectivity index is 1.67. The van der Waals surface area contributed by atoms with Crippen LogP contribution in [0.2, 0.25) is 0 Å². The fourth-order valence-corrected chi connectivity index (χ4v) is 2.90. The van der Waals surface area contributed by atoms with Gasteiger partial charge >= 0.3 is 0 Å². The molecule has 1 heterocycles. The van der Waals surface area contributed by atoms with Gasteiger partial charge in [0.25, 0.3) is 0 Å². The molecule has 2 aromatic carbocycles. The molecule has 5 heteroatoms. The highest BCUT2D eigenvalue weighted by molar-refractivity contribution is 5.51. The predicted molar refractivity (Wildman–Crippen MR) is 86.2 cm³/mol. The molecular formula is C18H21NO4. The van der Waals surface area contributed by atoms with Crippen LogP contribution in [0.1, 0.15) is 22.8 Å². The van der Waals surface area contributed by atoms with Crippen LogP contribution < -0.4 is 5.73 Å². The van der Waals surface area contributed by atoms with E-state index in [1.807, 2.05) is 30.3 Å². The maximum Gasteiger partial charge on any atom is 0.161 e. The Morgan fingerprint density at radius 2 is 1.91 bits per heavy atom. The van der Waals surface area contributed by atoms with Crippen LogP contribution in [0.4, 0.5) is 0 Å². The topological polar surface area (TPSA) is 84.9 Å². The van der Waals surface area contributed by atoms with Crippen LogP contribution in [0, 0.1) is 0 Å². The van der Waals surface area contributed by atoms with E-state index in [0.29, 0.717) is 31.7 Å². The lowest BCUT2D eigenvalue weighted by molar-refractivity contribution is -0.0679. The first-order chi connectivity index (χ1) is 11.2. The van der Waals surface area contributed by atoms with Crippen molar-refractivity contribution in [3.8, 4) is 11.5 Å². The minimum atomic E-state index is -0.296. The first kappa shape index (κ1) is 15.8. The second-order valence-electron chi connectivity index (χ2n) is 5.69. The van der Waals surface area contributed by atoms with Crippen LogP contribution in [0.5, 0.6) is 11.5 Å². The van der Waals surface area contributed by atoms with E-state index < -0.39 is 0 Å². The van der Waals surface area contributed by atoms with Crippen molar-refractivity contribution in [1.29, 1.82) is 0 Å². The van der Waals surface area contributed by atoms with Gasteiger partial charge in [0, 0.05) is 18.5 Å². The predicted octanol–water partition coefficient (Wildman–Crippen LogP) is 2.26. The lowest BCUT2D eigenvalue weighted by atomic mass is 9.93. The van der Waals surface area contributed by atoms with Crippen molar-refractivity contribution < 1.29 is 19.7 Å². The van der Waals surface area contributed by atoms with Crippen LogP contribution in [0.25, 0.3) is 0 Å². The zero-order valence-electron chi connectivity index (χ0n) is 12.8. The Labute approximate surface area is 135 Å². The monoisotopic (exact) mass is 315 g/mol. The minimum Gasteiger partial charge on any atom is -0.504 e. The molecule has 0 saturated heterocycles.